The zero-order chi connectivity index (χ0) is 15.8. The van der Waals surface area contributed by atoms with E-state index in [4.69, 9.17) is 0 Å². The molecule has 6 heteroatoms. The van der Waals surface area contributed by atoms with Crippen LogP contribution in [0.5, 0.6) is 0 Å². The Bertz CT molecular complexity index is 576. The maximum absolute atomic E-state index is 11.6. The molecule has 0 aliphatic rings. The number of ketones is 2. The molecule has 6 nitrogen and oxygen atoms in total. The van der Waals surface area contributed by atoms with E-state index in [9.17, 15) is 19.7 Å². The number of carbonyl (C=O) groups is 2. The van der Waals surface area contributed by atoms with Crippen molar-refractivity contribution >= 4 is 23.3 Å². The molecular formula is C15H16N2O4. The number of nitro groups is 1. The molecule has 1 aromatic rings. The van der Waals surface area contributed by atoms with Gasteiger partial charge in [0.15, 0.2) is 0 Å². The van der Waals surface area contributed by atoms with E-state index in [0.29, 0.717) is 12.1 Å². The van der Waals surface area contributed by atoms with Crippen LogP contribution in [0.25, 0.3) is 6.08 Å². The van der Waals surface area contributed by atoms with E-state index in [2.05, 4.69) is 6.58 Å². The maximum atomic E-state index is 11.6. The van der Waals surface area contributed by atoms with Crippen molar-refractivity contribution in [2.24, 2.45) is 0 Å². The van der Waals surface area contributed by atoms with Crippen LogP contribution in [0.1, 0.15) is 12.5 Å². The van der Waals surface area contributed by atoms with Crippen molar-refractivity contribution in [2.45, 2.75) is 6.92 Å². The Kier molecular flexibility index (Phi) is 6.00. The zero-order valence-corrected chi connectivity index (χ0v) is 11.7. The van der Waals surface area contributed by atoms with Crippen LogP contribution < -0.4 is 4.90 Å². The molecule has 0 aromatic heterocycles. The summed E-state index contributed by atoms with van der Waals surface area (Å²) >= 11 is 0. The van der Waals surface area contributed by atoms with Crippen molar-refractivity contribution in [3.8, 4) is 0 Å². The minimum absolute atomic E-state index is 0.0224. The van der Waals surface area contributed by atoms with E-state index in [1.807, 2.05) is 6.92 Å². The van der Waals surface area contributed by atoms with Crippen molar-refractivity contribution in [2.75, 3.05) is 18.0 Å². The summed E-state index contributed by atoms with van der Waals surface area (Å²) in [6.45, 7) is 5.68. The number of Topliss-reactive ketones (excluding diaryl/α,β-unsaturated/α-hetero) is 1. The average Bonchev–Trinajstić information content (AvgIpc) is 2.50. The van der Waals surface area contributed by atoms with Crippen molar-refractivity contribution in [1.82, 2.24) is 0 Å². The molecule has 1 aromatic carbocycles. The number of allylic oxidation sites excluding steroid dienone is 1. The molecule has 0 unspecified atom stereocenters. The number of hydrogen-bond acceptors (Lipinski definition) is 5. The molecule has 0 fully saturated rings. The highest BCUT2D eigenvalue weighted by atomic mass is 16.6. The summed E-state index contributed by atoms with van der Waals surface area (Å²) in [5.41, 5.74) is 1.45. The van der Waals surface area contributed by atoms with Gasteiger partial charge in [0.1, 0.15) is 0 Å². The quantitative estimate of drug-likeness (QED) is 0.316. The van der Waals surface area contributed by atoms with Gasteiger partial charge in [0.25, 0.3) is 0 Å². The predicted octanol–water partition coefficient (Wildman–Crippen LogP) is 2.08. The monoisotopic (exact) mass is 288 g/mol. The first-order valence-corrected chi connectivity index (χ1v) is 6.34. The fourth-order valence-corrected chi connectivity index (χ4v) is 1.69. The molecule has 0 radical (unpaired) electrons. The molecule has 0 heterocycles. The van der Waals surface area contributed by atoms with Gasteiger partial charge in [-0.3, -0.25) is 19.7 Å². The zero-order valence-electron chi connectivity index (χ0n) is 11.7. The first kappa shape index (κ1) is 16.3. The molecule has 0 aliphatic heterocycles. The standard InChI is InChI=1S/C15H16N2O4/c1-3-14(18)15(19)11-16(4-2)13-7-5-12(6-8-13)9-10-17(20)21/h3,5-10H,1,4,11H2,2H3. The van der Waals surface area contributed by atoms with Gasteiger partial charge in [0.2, 0.25) is 17.8 Å². The van der Waals surface area contributed by atoms with Gasteiger partial charge >= 0.3 is 0 Å². The maximum Gasteiger partial charge on any atom is 0.235 e. The third kappa shape index (κ3) is 5.02. The second-order valence-electron chi connectivity index (χ2n) is 4.20. The average molecular weight is 288 g/mol. The number of benzene rings is 1. The van der Waals surface area contributed by atoms with E-state index in [1.54, 1.807) is 29.2 Å². The smallest absolute Gasteiger partial charge is 0.235 e. The SMILES string of the molecule is C=CC(=O)C(=O)CN(CC)c1ccc(C=C[N+](=O)[O-])cc1. The fraction of sp³-hybridized carbons (Fsp3) is 0.200. The summed E-state index contributed by atoms with van der Waals surface area (Å²) in [7, 11) is 0. The molecule has 0 saturated carbocycles. The molecular weight excluding hydrogens is 272 g/mol. The fourth-order valence-electron chi connectivity index (χ4n) is 1.69. The first-order valence-electron chi connectivity index (χ1n) is 6.34. The van der Waals surface area contributed by atoms with Gasteiger partial charge in [-0.2, -0.15) is 0 Å². The van der Waals surface area contributed by atoms with Crippen molar-refractivity contribution in [3.05, 3.63) is 58.8 Å². The lowest BCUT2D eigenvalue weighted by molar-refractivity contribution is -0.400. The lowest BCUT2D eigenvalue weighted by Crippen LogP contribution is -2.32. The van der Waals surface area contributed by atoms with E-state index in [0.717, 1.165) is 18.0 Å². The largest absolute Gasteiger partial charge is 0.364 e. The van der Waals surface area contributed by atoms with E-state index in [1.165, 1.54) is 6.08 Å². The van der Waals surface area contributed by atoms with Crippen molar-refractivity contribution in [1.29, 1.82) is 0 Å². The van der Waals surface area contributed by atoms with Crippen LogP contribution in [0.2, 0.25) is 0 Å². The summed E-state index contributed by atoms with van der Waals surface area (Å²) in [4.78, 5) is 34.3. The molecule has 0 spiro atoms. The number of hydrogen-bond donors (Lipinski definition) is 0. The van der Waals surface area contributed by atoms with Crippen LogP contribution >= 0.6 is 0 Å². The molecule has 110 valence electrons. The highest BCUT2D eigenvalue weighted by Crippen LogP contribution is 2.16. The van der Waals surface area contributed by atoms with Crippen LogP contribution in [0.4, 0.5) is 5.69 Å². The van der Waals surface area contributed by atoms with Gasteiger partial charge in [-0.25, -0.2) is 0 Å². The van der Waals surface area contributed by atoms with Crippen LogP contribution in [-0.4, -0.2) is 29.6 Å². The van der Waals surface area contributed by atoms with Gasteiger partial charge in [-0.1, -0.05) is 18.7 Å². The van der Waals surface area contributed by atoms with E-state index >= 15 is 0 Å². The number of anilines is 1. The Morgan fingerprint density at radius 2 is 1.95 bits per heavy atom. The van der Waals surface area contributed by atoms with Gasteiger partial charge in [0.05, 0.1) is 11.5 Å². The lowest BCUT2D eigenvalue weighted by Gasteiger charge is -2.21. The van der Waals surface area contributed by atoms with Gasteiger partial charge in [0, 0.05) is 18.3 Å². The number of likely N-dealkylation sites (N-methyl/N-ethyl adjacent to an activating group) is 1. The van der Waals surface area contributed by atoms with Crippen LogP contribution in [0.15, 0.2) is 43.1 Å². The topological polar surface area (TPSA) is 80.5 Å². The minimum Gasteiger partial charge on any atom is -0.364 e. The Hall–Kier alpha value is -2.76. The van der Waals surface area contributed by atoms with Crippen LogP contribution in [0.3, 0.4) is 0 Å². The normalized spacial score (nSPS) is 10.3. The number of rotatable bonds is 8. The summed E-state index contributed by atoms with van der Waals surface area (Å²) < 4.78 is 0. The highest BCUT2D eigenvalue weighted by molar-refractivity contribution is 6.42. The molecule has 21 heavy (non-hydrogen) atoms. The first-order chi connectivity index (χ1) is 9.97. The third-order valence-corrected chi connectivity index (χ3v) is 2.82. The summed E-state index contributed by atoms with van der Waals surface area (Å²) in [6.07, 6.45) is 3.24. The Morgan fingerprint density at radius 1 is 1.33 bits per heavy atom. The molecule has 1 rings (SSSR count). The van der Waals surface area contributed by atoms with E-state index < -0.39 is 16.5 Å². The third-order valence-electron chi connectivity index (χ3n) is 2.82. The molecule has 0 bridgehead atoms. The Balaban J connectivity index is 2.82. The molecule has 0 atom stereocenters. The minimum atomic E-state index is -0.612. The van der Waals surface area contributed by atoms with Gasteiger partial charge in [-0.15, -0.1) is 0 Å². The van der Waals surface area contributed by atoms with E-state index in [-0.39, 0.29) is 6.54 Å². The highest BCUT2D eigenvalue weighted by Gasteiger charge is 2.14. The summed E-state index contributed by atoms with van der Waals surface area (Å²) in [6, 6.07) is 6.90. The Morgan fingerprint density at radius 3 is 2.43 bits per heavy atom. The Labute approximate surface area is 122 Å². The van der Waals surface area contributed by atoms with Crippen molar-refractivity contribution < 1.29 is 14.5 Å². The molecule has 0 amide bonds. The summed E-state index contributed by atoms with van der Waals surface area (Å²) in [5.74, 6) is -1.14. The number of carbonyl (C=O) groups excluding carboxylic acids is 2. The van der Waals surface area contributed by atoms with Gasteiger partial charge in [-0.05, 0) is 30.7 Å². The molecule has 0 N–H and O–H groups in total. The second-order valence-corrected chi connectivity index (χ2v) is 4.20. The molecule has 0 aliphatic carbocycles. The second kappa shape index (κ2) is 7.74. The molecule has 0 saturated heterocycles. The lowest BCUT2D eigenvalue weighted by atomic mass is 10.1. The van der Waals surface area contributed by atoms with Crippen molar-refractivity contribution in [3.63, 3.8) is 0 Å². The van der Waals surface area contributed by atoms with Crippen LogP contribution in [0, 0.1) is 10.1 Å². The summed E-state index contributed by atoms with van der Waals surface area (Å²) in [5, 5.41) is 10.2. The van der Waals surface area contributed by atoms with Crippen LogP contribution in [-0.2, 0) is 9.59 Å². The number of nitrogens with zero attached hydrogens (tertiary/aromatic N) is 2. The predicted molar refractivity (Wildman–Crippen MR) is 80.6 cm³/mol. The van der Waals surface area contributed by atoms with Gasteiger partial charge < -0.3 is 4.90 Å².